The fraction of sp³-hybridized carbons (Fsp3) is 0.958. The molecule has 0 aliphatic heterocycles. The van der Waals surface area contributed by atoms with Crippen LogP contribution in [0.4, 0.5) is 0 Å². The molecule has 0 radical (unpaired) electrons. The molecule has 32 heavy (non-hydrogen) atoms. The summed E-state index contributed by atoms with van der Waals surface area (Å²) in [5.74, 6) is -1.40. The van der Waals surface area contributed by atoms with Gasteiger partial charge in [-0.1, -0.05) is 129 Å². The molecule has 0 heterocycles. The summed E-state index contributed by atoms with van der Waals surface area (Å²) in [4.78, 5) is 11.9. The molecule has 0 saturated carbocycles. The van der Waals surface area contributed by atoms with Crippen molar-refractivity contribution in [3.8, 4) is 0 Å². The van der Waals surface area contributed by atoms with Gasteiger partial charge in [0.05, 0.1) is 0 Å². The zero-order valence-corrected chi connectivity index (χ0v) is 20.5. The second kappa shape index (κ2) is 24.1. The number of aliphatic carboxylic acids is 1. The normalized spacial score (nSPS) is 13.1. The Morgan fingerprint density at radius 1 is 0.594 bits per heavy atom. The monoisotopic (exact) mass is 496 g/mol. The summed E-state index contributed by atoms with van der Waals surface area (Å²) >= 11 is 0. The van der Waals surface area contributed by atoms with Gasteiger partial charge in [-0.25, -0.2) is 0 Å². The van der Waals surface area contributed by atoms with Crippen LogP contribution < -0.4 is 0 Å². The van der Waals surface area contributed by atoms with Gasteiger partial charge in [-0.15, -0.1) is 0 Å². The van der Waals surface area contributed by atoms with Crippen LogP contribution in [0.5, 0.6) is 0 Å². The van der Waals surface area contributed by atoms with Crippen LogP contribution in [0.3, 0.4) is 0 Å². The third-order valence-electron chi connectivity index (χ3n) is 6.25. The first kappa shape index (κ1) is 37.9. The number of rotatable bonds is 22. The molecule has 0 amide bonds. The van der Waals surface area contributed by atoms with E-state index in [4.69, 9.17) is 0 Å². The van der Waals surface area contributed by atoms with Gasteiger partial charge in [-0.3, -0.25) is 9.35 Å². The van der Waals surface area contributed by atoms with Crippen molar-refractivity contribution in [3.63, 3.8) is 0 Å². The number of unbranched alkanes of at least 4 members (excludes halogenated alkanes) is 16. The Morgan fingerprint density at radius 2 is 0.844 bits per heavy atom. The van der Waals surface area contributed by atoms with E-state index in [0.717, 1.165) is 38.5 Å². The van der Waals surface area contributed by atoms with Crippen LogP contribution in [-0.2, 0) is 14.9 Å². The van der Waals surface area contributed by atoms with Gasteiger partial charge in [0.1, 0.15) is 0 Å². The van der Waals surface area contributed by atoms with Gasteiger partial charge in [0.15, 0.2) is 4.75 Å². The molecule has 0 aromatic carbocycles. The molecule has 0 aromatic rings. The number of carbonyl (C=O) groups is 1. The summed E-state index contributed by atoms with van der Waals surface area (Å²) in [6, 6.07) is 0. The van der Waals surface area contributed by atoms with Gasteiger partial charge in [-0.2, -0.15) is 8.42 Å². The molecule has 0 rings (SSSR count). The molecular weight excluding hydrogens is 446 g/mol. The van der Waals surface area contributed by atoms with E-state index in [0.29, 0.717) is 12.8 Å². The van der Waals surface area contributed by atoms with Crippen LogP contribution in [0.1, 0.15) is 142 Å². The Hall–Kier alpha value is 1.38. The third kappa shape index (κ3) is 17.8. The summed E-state index contributed by atoms with van der Waals surface area (Å²) in [6.45, 7) is 4.38. The van der Waals surface area contributed by atoms with E-state index in [9.17, 15) is 22.9 Å². The van der Waals surface area contributed by atoms with E-state index in [2.05, 4.69) is 13.8 Å². The Labute approximate surface area is 243 Å². The number of carboxylic acid groups (broad SMARTS) is 1. The Bertz CT molecular complexity index is 528. The summed E-state index contributed by atoms with van der Waals surface area (Å²) in [5, 5.41) is 9.66. The van der Waals surface area contributed by atoms with Gasteiger partial charge < -0.3 is 5.11 Å². The van der Waals surface area contributed by atoms with Crippen molar-refractivity contribution in [2.24, 2.45) is 0 Å². The van der Waals surface area contributed by atoms with Crippen molar-refractivity contribution >= 4 is 75.2 Å². The van der Waals surface area contributed by atoms with Crippen molar-refractivity contribution in [2.45, 2.75) is 147 Å². The molecule has 0 aliphatic rings. The average molecular weight is 497 g/mol. The third-order valence-corrected chi connectivity index (χ3v) is 7.82. The quantitative estimate of drug-likeness (QED) is 0.105. The fourth-order valence-electron chi connectivity index (χ4n) is 4.15. The van der Waals surface area contributed by atoms with Gasteiger partial charge in [0.2, 0.25) is 0 Å². The first-order valence-electron chi connectivity index (χ1n) is 12.5. The van der Waals surface area contributed by atoms with Crippen molar-refractivity contribution in [3.05, 3.63) is 0 Å². The number of hydrogen-bond acceptors (Lipinski definition) is 3. The predicted molar refractivity (Wildman–Crippen MR) is 140 cm³/mol. The SMILES string of the molecule is CCCCCCCCCCCCC(CCCCCCCCCC)(C(=O)O)S(=O)(=O)O.[NaH].[NaH]. The molecule has 184 valence electrons. The molecule has 2 N–H and O–H groups in total. The van der Waals surface area contributed by atoms with E-state index >= 15 is 0 Å². The molecule has 5 nitrogen and oxygen atoms in total. The van der Waals surface area contributed by atoms with Crippen LogP contribution in [0.2, 0.25) is 0 Å². The molecule has 0 aromatic heterocycles. The summed E-state index contributed by atoms with van der Waals surface area (Å²) < 4.78 is 31.7. The molecule has 0 aliphatic carbocycles. The Morgan fingerprint density at radius 3 is 1.06 bits per heavy atom. The summed E-state index contributed by atoms with van der Waals surface area (Å²) in [7, 11) is -4.64. The predicted octanol–water partition coefficient (Wildman–Crippen LogP) is 6.24. The molecular formula is C24H50Na2O5S. The van der Waals surface area contributed by atoms with Gasteiger partial charge in [-0.05, 0) is 12.8 Å². The molecule has 0 fully saturated rings. The zero-order chi connectivity index (χ0) is 22.7. The first-order valence-corrected chi connectivity index (χ1v) is 14.0. The van der Waals surface area contributed by atoms with E-state index in [1.165, 1.54) is 64.2 Å². The molecule has 8 heteroatoms. The summed E-state index contributed by atoms with van der Waals surface area (Å²) in [5.41, 5.74) is 0. The Kier molecular flexibility index (Phi) is 28.5. The van der Waals surface area contributed by atoms with Crippen LogP contribution in [0.15, 0.2) is 0 Å². The van der Waals surface area contributed by atoms with E-state index in [-0.39, 0.29) is 72.0 Å². The standard InChI is InChI=1S/C24H48O5S.2Na.2H/c1-3-5-7-9-11-13-14-16-18-20-22-24(23(25)26,30(27,28)29)21-19-17-15-12-10-8-6-4-2;;;;/h3-22H2,1-2H3,(H,25,26)(H,27,28,29);;;;. The van der Waals surface area contributed by atoms with Crippen LogP contribution >= 0.6 is 0 Å². The van der Waals surface area contributed by atoms with Crippen LogP contribution in [0, 0.1) is 0 Å². The van der Waals surface area contributed by atoms with Crippen LogP contribution in [0.25, 0.3) is 0 Å². The molecule has 0 bridgehead atoms. The molecule has 1 atom stereocenters. The number of hydrogen-bond donors (Lipinski definition) is 2. The maximum atomic E-state index is 12.0. The summed E-state index contributed by atoms with van der Waals surface area (Å²) in [6.07, 6.45) is 19.3. The van der Waals surface area contributed by atoms with Crippen molar-refractivity contribution in [1.82, 2.24) is 0 Å². The maximum absolute atomic E-state index is 12.0. The zero-order valence-electron chi connectivity index (χ0n) is 19.7. The molecule has 0 saturated heterocycles. The van der Waals surface area contributed by atoms with E-state index in [1.54, 1.807) is 0 Å². The van der Waals surface area contributed by atoms with Gasteiger partial charge >= 0.3 is 65.1 Å². The van der Waals surface area contributed by atoms with Gasteiger partial charge in [0.25, 0.3) is 10.1 Å². The Balaban J connectivity index is -0.00000420. The van der Waals surface area contributed by atoms with Crippen molar-refractivity contribution in [2.75, 3.05) is 0 Å². The topological polar surface area (TPSA) is 91.7 Å². The second-order valence-electron chi connectivity index (χ2n) is 8.93. The van der Waals surface area contributed by atoms with Crippen molar-refractivity contribution in [1.29, 1.82) is 0 Å². The molecule has 0 spiro atoms. The first-order chi connectivity index (χ1) is 14.3. The fourth-order valence-corrected chi connectivity index (χ4v) is 5.17. The van der Waals surface area contributed by atoms with Crippen LogP contribution in [-0.4, -0.2) is 87.9 Å². The minimum atomic E-state index is -4.64. The molecule has 1 unspecified atom stereocenters. The van der Waals surface area contributed by atoms with E-state index in [1.807, 2.05) is 0 Å². The second-order valence-corrected chi connectivity index (χ2v) is 10.7. The van der Waals surface area contributed by atoms with E-state index < -0.39 is 20.8 Å². The number of carboxylic acids is 1. The van der Waals surface area contributed by atoms with Gasteiger partial charge in [0, 0.05) is 0 Å². The average Bonchev–Trinajstić information content (AvgIpc) is 2.68. The van der Waals surface area contributed by atoms with Crippen molar-refractivity contribution < 1.29 is 22.9 Å². The minimum absolute atomic E-state index is 0.